The van der Waals surface area contributed by atoms with Crippen LogP contribution in [0.1, 0.15) is 68.3 Å². The SMILES string of the molecule is Cc1ccc(C)c(OCCCCn2c(CCNC(=O)C34CC5CC(CC(C5)C3)C4)nc3ccccc32)c1. The van der Waals surface area contributed by atoms with Gasteiger partial charge in [0.25, 0.3) is 0 Å². The zero-order valence-electron chi connectivity index (χ0n) is 22.5. The third-order valence-electron chi connectivity index (χ3n) is 9.26. The van der Waals surface area contributed by atoms with Crippen molar-refractivity contribution < 1.29 is 9.53 Å². The first-order valence-corrected chi connectivity index (χ1v) is 14.4. The van der Waals surface area contributed by atoms with Gasteiger partial charge in [-0.05, 0) is 112 Å². The molecule has 0 atom stereocenters. The molecule has 0 saturated heterocycles. The Hall–Kier alpha value is -2.82. The van der Waals surface area contributed by atoms with Crippen LogP contribution in [-0.2, 0) is 17.8 Å². The molecule has 7 rings (SSSR count). The van der Waals surface area contributed by atoms with Crippen molar-refractivity contribution in [3.8, 4) is 5.75 Å². The molecule has 4 aliphatic carbocycles. The number of aryl methyl sites for hydroxylation is 3. The maximum absolute atomic E-state index is 13.4. The number of rotatable bonds is 10. The molecule has 4 bridgehead atoms. The predicted octanol–water partition coefficient (Wildman–Crippen LogP) is 6.39. The molecule has 37 heavy (non-hydrogen) atoms. The first-order chi connectivity index (χ1) is 18.0. The average molecular weight is 500 g/mol. The van der Waals surface area contributed by atoms with E-state index in [4.69, 9.17) is 9.72 Å². The molecule has 1 heterocycles. The van der Waals surface area contributed by atoms with E-state index in [1.54, 1.807) is 0 Å². The van der Waals surface area contributed by atoms with Gasteiger partial charge in [-0.2, -0.15) is 0 Å². The molecule has 1 aromatic heterocycles. The Morgan fingerprint density at radius 3 is 2.51 bits per heavy atom. The second-order valence-corrected chi connectivity index (χ2v) is 12.2. The molecule has 196 valence electrons. The van der Waals surface area contributed by atoms with Crippen molar-refractivity contribution in [1.29, 1.82) is 0 Å². The van der Waals surface area contributed by atoms with Crippen LogP contribution in [0.4, 0.5) is 0 Å². The van der Waals surface area contributed by atoms with Crippen LogP contribution < -0.4 is 10.1 Å². The quantitative estimate of drug-likeness (QED) is 0.329. The highest BCUT2D eigenvalue weighted by atomic mass is 16.5. The summed E-state index contributed by atoms with van der Waals surface area (Å²) in [7, 11) is 0. The minimum Gasteiger partial charge on any atom is -0.493 e. The van der Waals surface area contributed by atoms with E-state index >= 15 is 0 Å². The largest absolute Gasteiger partial charge is 0.493 e. The molecular weight excluding hydrogens is 458 g/mol. The number of aromatic nitrogens is 2. The molecule has 5 nitrogen and oxygen atoms in total. The minimum atomic E-state index is -0.0788. The normalized spacial score (nSPS) is 26.1. The van der Waals surface area contributed by atoms with Crippen molar-refractivity contribution in [3.63, 3.8) is 0 Å². The number of carbonyl (C=O) groups excluding carboxylic acids is 1. The van der Waals surface area contributed by atoms with Crippen molar-refractivity contribution in [1.82, 2.24) is 14.9 Å². The molecular formula is C32H41N3O2. The van der Waals surface area contributed by atoms with Gasteiger partial charge in [-0.15, -0.1) is 0 Å². The molecule has 4 fully saturated rings. The monoisotopic (exact) mass is 499 g/mol. The Bertz CT molecular complexity index is 1240. The van der Waals surface area contributed by atoms with E-state index in [1.165, 1.54) is 35.9 Å². The fourth-order valence-corrected chi connectivity index (χ4v) is 7.85. The van der Waals surface area contributed by atoms with Crippen LogP contribution in [0.3, 0.4) is 0 Å². The van der Waals surface area contributed by atoms with Crippen molar-refractivity contribution >= 4 is 16.9 Å². The first kappa shape index (κ1) is 24.5. The number of benzene rings is 2. The van der Waals surface area contributed by atoms with Crippen molar-refractivity contribution in [2.75, 3.05) is 13.2 Å². The molecule has 4 saturated carbocycles. The maximum atomic E-state index is 13.4. The lowest BCUT2D eigenvalue weighted by atomic mass is 9.49. The fraction of sp³-hybridized carbons (Fsp3) is 0.562. The number of nitrogens with one attached hydrogen (secondary N) is 1. The van der Waals surface area contributed by atoms with Gasteiger partial charge < -0.3 is 14.6 Å². The van der Waals surface area contributed by atoms with Crippen LogP contribution in [0.2, 0.25) is 0 Å². The first-order valence-electron chi connectivity index (χ1n) is 14.4. The highest BCUT2D eigenvalue weighted by Crippen LogP contribution is 2.60. The van der Waals surface area contributed by atoms with Gasteiger partial charge in [0.05, 0.1) is 17.6 Å². The minimum absolute atomic E-state index is 0.0788. The summed E-state index contributed by atoms with van der Waals surface area (Å²) in [5.41, 5.74) is 4.55. The van der Waals surface area contributed by atoms with E-state index in [2.05, 4.69) is 66.2 Å². The van der Waals surface area contributed by atoms with Crippen molar-refractivity contribution in [3.05, 3.63) is 59.4 Å². The van der Waals surface area contributed by atoms with Crippen LogP contribution in [0.5, 0.6) is 5.75 Å². The van der Waals surface area contributed by atoms with Gasteiger partial charge >= 0.3 is 0 Å². The van der Waals surface area contributed by atoms with Crippen LogP contribution in [0.25, 0.3) is 11.0 Å². The summed E-state index contributed by atoms with van der Waals surface area (Å²) in [6.45, 7) is 6.49. The van der Waals surface area contributed by atoms with E-state index in [0.29, 0.717) is 19.1 Å². The number of carbonyl (C=O) groups is 1. The van der Waals surface area contributed by atoms with Crippen LogP contribution in [0, 0.1) is 37.0 Å². The Kier molecular flexibility index (Phi) is 6.73. The van der Waals surface area contributed by atoms with E-state index in [-0.39, 0.29) is 5.41 Å². The lowest BCUT2D eigenvalue weighted by molar-refractivity contribution is -0.146. The summed E-state index contributed by atoms with van der Waals surface area (Å²) >= 11 is 0. The molecule has 4 aliphatic rings. The van der Waals surface area contributed by atoms with Crippen LogP contribution in [0.15, 0.2) is 42.5 Å². The third-order valence-corrected chi connectivity index (χ3v) is 9.26. The molecule has 2 aromatic carbocycles. The standard InChI is InChI=1S/C32H41N3O2/c1-22-9-10-23(2)29(15-22)37-14-6-5-13-35-28-8-4-3-7-27(28)34-30(35)11-12-33-31(36)32-19-24-16-25(20-32)18-26(17-24)21-32/h3-4,7-10,15,24-26H,5-6,11-14,16-21H2,1-2H3,(H,33,36). The molecule has 5 heteroatoms. The van der Waals surface area contributed by atoms with E-state index in [0.717, 1.165) is 79.9 Å². The molecule has 1 N–H and O–H groups in total. The molecule has 0 aliphatic heterocycles. The number of fused-ring (bicyclic) bond motifs is 1. The number of imidazole rings is 1. The summed E-state index contributed by atoms with van der Waals surface area (Å²) < 4.78 is 8.43. The Labute approximate surface area is 221 Å². The van der Waals surface area contributed by atoms with Gasteiger partial charge in [0, 0.05) is 24.9 Å². The molecule has 3 aromatic rings. The van der Waals surface area contributed by atoms with Gasteiger partial charge in [0.2, 0.25) is 5.91 Å². The highest BCUT2D eigenvalue weighted by Gasteiger charge is 2.54. The summed E-state index contributed by atoms with van der Waals surface area (Å²) in [6.07, 6.45) is 10.2. The summed E-state index contributed by atoms with van der Waals surface area (Å²) in [6, 6.07) is 14.8. The van der Waals surface area contributed by atoms with Crippen molar-refractivity contribution in [2.45, 2.75) is 78.2 Å². The summed E-state index contributed by atoms with van der Waals surface area (Å²) in [5.74, 6) is 4.75. The smallest absolute Gasteiger partial charge is 0.226 e. The summed E-state index contributed by atoms with van der Waals surface area (Å²) in [5, 5.41) is 3.35. The van der Waals surface area contributed by atoms with Gasteiger partial charge in [0.15, 0.2) is 0 Å². The number of unbranched alkanes of at least 4 members (excludes halogenated alkanes) is 1. The Morgan fingerprint density at radius 2 is 1.76 bits per heavy atom. The molecule has 0 unspecified atom stereocenters. The lowest BCUT2D eigenvalue weighted by Gasteiger charge is -2.55. The lowest BCUT2D eigenvalue weighted by Crippen LogP contribution is -2.53. The molecule has 1 amide bonds. The number of nitrogens with zero attached hydrogens (tertiary/aromatic N) is 2. The van der Waals surface area contributed by atoms with Crippen LogP contribution >= 0.6 is 0 Å². The van der Waals surface area contributed by atoms with Gasteiger partial charge in [-0.3, -0.25) is 4.79 Å². The second-order valence-electron chi connectivity index (χ2n) is 12.2. The third kappa shape index (κ3) is 5.02. The average Bonchev–Trinajstić information content (AvgIpc) is 3.22. The summed E-state index contributed by atoms with van der Waals surface area (Å²) in [4.78, 5) is 18.3. The van der Waals surface area contributed by atoms with E-state index in [1.807, 2.05) is 0 Å². The molecule has 0 spiro atoms. The zero-order valence-corrected chi connectivity index (χ0v) is 22.5. The Morgan fingerprint density at radius 1 is 1.03 bits per heavy atom. The maximum Gasteiger partial charge on any atom is 0.226 e. The molecule has 0 radical (unpaired) electrons. The number of para-hydroxylation sites is 2. The number of hydrogen-bond acceptors (Lipinski definition) is 3. The fourth-order valence-electron chi connectivity index (χ4n) is 7.85. The Balaban J connectivity index is 1.05. The van der Waals surface area contributed by atoms with Crippen LogP contribution in [-0.4, -0.2) is 28.6 Å². The highest BCUT2D eigenvalue weighted by molar-refractivity contribution is 5.83. The predicted molar refractivity (Wildman–Crippen MR) is 148 cm³/mol. The number of hydrogen-bond donors (Lipinski definition) is 1. The van der Waals surface area contributed by atoms with Crippen molar-refractivity contribution in [2.24, 2.45) is 23.2 Å². The number of ether oxygens (including phenoxy) is 1. The van der Waals surface area contributed by atoms with E-state index < -0.39 is 0 Å². The van der Waals surface area contributed by atoms with E-state index in [9.17, 15) is 4.79 Å². The zero-order chi connectivity index (χ0) is 25.4. The topological polar surface area (TPSA) is 56.1 Å². The number of amides is 1. The second kappa shape index (κ2) is 10.2. The van der Waals surface area contributed by atoms with Gasteiger partial charge in [-0.1, -0.05) is 24.3 Å². The van der Waals surface area contributed by atoms with Gasteiger partial charge in [0.1, 0.15) is 11.6 Å². The van der Waals surface area contributed by atoms with Gasteiger partial charge in [-0.25, -0.2) is 4.98 Å².